The highest BCUT2D eigenvalue weighted by Gasteiger charge is 2.37. The molecule has 7 aromatic rings. The van der Waals surface area contributed by atoms with Gasteiger partial charge in [0.25, 0.3) is 0 Å². The van der Waals surface area contributed by atoms with Gasteiger partial charge in [0.15, 0.2) is 5.84 Å². The quantitative estimate of drug-likeness (QED) is 0.184. The molecule has 0 radical (unpaired) electrons. The Bertz CT molecular complexity index is 2940. The number of amidine groups is 2. The summed E-state index contributed by atoms with van der Waals surface area (Å²) in [4.78, 5) is 12.7. The van der Waals surface area contributed by atoms with E-state index >= 15 is 0 Å². The number of fused-ring (bicyclic) bond motifs is 6. The normalized spacial score (nSPS) is 19.6. The summed E-state index contributed by atoms with van der Waals surface area (Å²) in [6.45, 7) is 4.47. The lowest BCUT2D eigenvalue weighted by Gasteiger charge is -2.28. The Hall–Kier alpha value is -6.98. The summed E-state index contributed by atoms with van der Waals surface area (Å²) in [5.41, 5.74) is 16.1. The maximum absolute atomic E-state index is 5.11. The molecule has 11 rings (SSSR count). The highest BCUT2D eigenvalue weighted by Crippen LogP contribution is 2.49. The number of aliphatic imine (C=N–C) groups is 2. The van der Waals surface area contributed by atoms with Crippen molar-refractivity contribution in [3.05, 3.63) is 209 Å². The monoisotopic (exact) mass is 749 g/mol. The van der Waals surface area contributed by atoms with Crippen LogP contribution in [0.15, 0.2) is 192 Å². The van der Waals surface area contributed by atoms with E-state index in [1.54, 1.807) is 0 Å². The van der Waals surface area contributed by atoms with Crippen LogP contribution in [-0.4, -0.2) is 22.3 Å². The molecular weight excluding hydrogens is 707 g/mol. The lowest BCUT2D eigenvalue weighted by Crippen LogP contribution is -2.34. The molecule has 0 amide bonds. The summed E-state index contributed by atoms with van der Waals surface area (Å²) >= 11 is 0. The summed E-state index contributed by atoms with van der Waals surface area (Å²) in [5, 5.41) is 6.26. The first-order valence-corrected chi connectivity index (χ1v) is 20.4. The van der Waals surface area contributed by atoms with Crippen LogP contribution in [0.2, 0.25) is 0 Å². The predicted molar refractivity (Wildman–Crippen MR) is 242 cm³/mol. The number of hydrogen-bond donors (Lipinski definition) is 1. The number of para-hydroxylation sites is 1. The Balaban J connectivity index is 0.982. The van der Waals surface area contributed by atoms with E-state index in [0.29, 0.717) is 5.92 Å². The molecule has 0 fully saturated rings. The molecule has 2 aliphatic carbocycles. The summed E-state index contributed by atoms with van der Waals surface area (Å²) in [6.07, 6.45) is 15.2. The van der Waals surface area contributed by atoms with Gasteiger partial charge < -0.3 is 14.8 Å². The number of allylic oxidation sites excluding steroid dienone is 5. The van der Waals surface area contributed by atoms with Gasteiger partial charge in [-0.05, 0) is 109 Å². The first-order chi connectivity index (χ1) is 28.6. The van der Waals surface area contributed by atoms with Crippen molar-refractivity contribution in [3.8, 4) is 11.1 Å². The molecule has 1 N–H and O–H groups in total. The number of aromatic nitrogens is 1. The van der Waals surface area contributed by atoms with Crippen LogP contribution in [0.1, 0.15) is 52.7 Å². The van der Waals surface area contributed by atoms with Gasteiger partial charge in [0, 0.05) is 39.3 Å². The molecule has 4 aliphatic rings. The van der Waals surface area contributed by atoms with Gasteiger partial charge in [0.1, 0.15) is 12.0 Å². The van der Waals surface area contributed by atoms with E-state index in [-0.39, 0.29) is 12.2 Å². The van der Waals surface area contributed by atoms with Crippen molar-refractivity contribution in [1.82, 2.24) is 9.88 Å². The largest absolute Gasteiger partial charge is 0.344 e. The Morgan fingerprint density at radius 1 is 0.655 bits per heavy atom. The molecule has 3 heterocycles. The third kappa shape index (κ3) is 5.77. The van der Waals surface area contributed by atoms with Crippen molar-refractivity contribution >= 4 is 50.5 Å². The number of nitrogens with zero attached hydrogens (tertiary/aromatic N) is 4. The van der Waals surface area contributed by atoms with E-state index in [4.69, 9.17) is 9.98 Å². The molecule has 280 valence electrons. The van der Waals surface area contributed by atoms with Crippen LogP contribution in [0, 0.1) is 13.8 Å². The summed E-state index contributed by atoms with van der Waals surface area (Å²) in [7, 11) is 0. The Labute approximate surface area is 339 Å². The molecule has 0 bridgehead atoms. The van der Waals surface area contributed by atoms with E-state index in [1.807, 2.05) is 24.3 Å². The molecule has 1 aromatic heterocycles. The molecular formula is C53H43N5. The highest BCUT2D eigenvalue weighted by atomic mass is 15.2. The maximum atomic E-state index is 5.11. The van der Waals surface area contributed by atoms with Crippen LogP contribution in [0.25, 0.3) is 38.6 Å². The van der Waals surface area contributed by atoms with Gasteiger partial charge in [0.2, 0.25) is 0 Å². The Morgan fingerprint density at radius 3 is 2.19 bits per heavy atom. The number of hydrogen-bond acceptors (Lipinski definition) is 4. The molecule has 6 aromatic carbocycles. The lowest BCUT2D eigenvalue weighted by atomic mass is 9.89. The van der Waals surface area contributed by atoms with Crippen LogP contribution in [0.4, 0.5) is 11.4 Å². The highest BCUT2D eigenvalue weighted by molar-refractivity contribution is 6.14. The standard InChI is InChI=1S/C53H43N5/c1-34-30-35(2)50-46(31-34)45-33-40(39-24-28-48-44(32-39)43-20-12-13-21-47(43)57(48)41-18-10-5-11-19-41)25-29-49(45)58(50)42-26-22-38(23-27-42)53-55-51(36-14-6-3-7-15-36)54-52(56-53)37-16-8-4-9-17-37/h3-22,24-26,28-33,43,47,51H,23,27H2,1-2H3,(H,54,55,56). The first-order valence-electron chi connectivity index (χ1n) is 20.4. The van der Waals surface area contributed by atoms with Gasteiger partial charge in [-0.25, -0.2) is 9.98 Å². The smallest absolute Gasteiger partial charge is 0.159 e. The Morgan fingerprint density at radius 2 is 1.40 bits per heavy atom. The topological polar surface area (TPSA) is 44.9 Å². The number of benzene rings is 6. The third-order valence-corrected chi connectivity index (χ3v) is 12.2. The molecule has 3 atom stereocenters. The lowest BCUT2D eigenvalue weighted by molar-refractivity contribution is 0.670. The van der Waals surface area contributed by atoms with Crippen molar-refractivity contribution in [2.75, 3.05) is 4.90 Å². The SMILES string of the molecule is Cc1cc(C)c2c(c1)c1cc(-c3ccc4c(c3)C3C=CC=CC3N4c3ccccc3)ccc1n2C1=CC=C(C2=NC(c3ccccc3)=NC(c3ccccc3)N2)CC1. The summed E-state index contributed by atoms with van der Waals surface area (Å²) in [5.74, 6) is 1.96. The summed E-state index contributed by atoms with van der Waals surface area (Å²) < 4.78 is 2.51. The fraction of sp³-hybridized carbons (Fsp3) is 0.132. The van der Waals surface area contributed by atoms with Crippen molar-refractivity contribution in [2.24, 2.45) is 9.98 Å². The van der Waals surface area contributed by atoms with E-state index in [1.165, 1.54) is 72.3 Å². The third-order valence-electron chi connectivity index (χ3n) is 12.2. The molecule has 0 saturated heterocycles. The molecule has 58 heavy (non-hydrogen) atoms. The average molecular weight is 750 g/mol. The fourth-order valence-electron chi connectivity index (χ4n) is 9.56. The van der Waals surface area contributed by atoms with Gasteiger partial charge in [-0.2, -0.15) is 0 Å². The average Bonchev–Trinajstić information content (AvgIpc) is 3.79. The molecule has 5 nitrogen and oxygen atoms in total. The van der Waals surface area contributed by atoms with Crippen LogP contribution in [0.3, 0.4) is 0 Å². The minimum atomic E-state index is -0.210. The van der Waals surface area contributed by atoms with E-state index in [2.05, 4.69) is 180 Å². The van der Waals surface area contributed by atoms with Crippen molar-refractivity contribution in [1.29, 1.82) is 0 Å². The van der Waals surface area contributed by atoms with Crippen molar-refractivity contribution < 1.29 is 0 Å². The van der Waals surface area contributed by atoms with Gasteiger partial charge in [-0.1, -0.05) is 133 Å². The van der Waals surface area contributed by atoms with Crippen LogP contribution in [-0.2, 0) is 0 Å². The minimum absolute atomic E-state index is 0.210. The zero-order valence-corrected chi connectivity index (χ0v) is 32.7. The van der Waals surface area contributed by atoms with Gasteiger partial charge >= 0.3 is 0 Å². The first kappa shape index (κ1) is 34.3. The minimum Gasteiger partial charge on any atom is -0.344 e. The molecule has 3 unspecified atom stereocenters. The second kappa shape index (κ2) is 13.9. The van der Waals surface area contributed by atoms with Gasteiger partial charge in [0.05, 0.1) is 17.1 Å². The number of rotatable bonds is 6. The maximum Gasteiger partial charge on any atom is 0.159 e. The van der Waals surface area contributed by atoms with Crippen molar-refractivity contribution in [3.63, 3.8) is 0 Å². The number of nitrogens with one attached hydrogen (secondary N) is 1. The molecule has 0 saturated carbocycles. The molecule has 2 aliphatic heterocycles. The second-order valence-electron chi connectivity index (χ2n) is 15.9. The predicted octanol–water partition coefficient (Wildman–Crippen LogP) is 12.5. The van der Waals surface area contributed by atoms with Crippen LogP contribution >= 0.6 is 0 Å². The van der Waals surface area contributed by atoms with Crippen LogP contribution in [0.5, 0.6) is 0 Å². The zero-order chi connectivity index (χ0) is 38.7. The number of aryl methyl sites for hydroxylation is 2. The van der Waals surface area contributed by atoms with Gasteiger partial charge in [-0.3, -0.25) is 0 Å². The second-order valence-corrected chi connectivity index (χ2v) is 15.9. The molecule has 0 spiro atoms. The van der Waals surface area contributed by atoms with E-state index in [0.717, 1.165) is 35.6 Å². The van der Waals surface area contributed by atoms with E-state index < -0.39 is 0 Å². The zero-order valence-electron chi connectivity index (χ0n) is 32.7. The summed E-state index contributed by atoms with van der Waals surface area (Å²) in [6, 6.07) is 50.7. The van der Waals surface area contributed by atoms with E-state index in [9.17, 15) is 0 Å². The molecule has 5 heteroatoms. The van der Waals surface area contributed by atoms with Crippen LogP contribution < -0.4 is 10.2 Å². The van der Waals surface area contributed by atoms with Crippen molar-refractivity contribution in [2.45, 2.75) is 44.8 Å². The fourth-order valence-corrected chi connectivity index (χ4v) is 9.56. The Kier molecular flexibility index (Phi) is 8.21. The van der Waals surface area contributed by atoms with Gasteiger partial charge in [-0.15, -0.1) is 0 Å². The number of anilines is 2.